The molecule has 1 aromatic carbocycles. The van der Waals surface area contributed by atoms with Crippen LogP contribution in [0.3, 0.4) is 0 Å². The minimum absolute atomic E-state index is 0. The molecule has 142 valence electrons. The van der Waals surface area contributed by atoms with Crippen molar-refractivity contribution >= 4 is 29.9 Å². The summed E-state index contributed by atoms with van der Waals surface area (Å²) < 4.78 is 10.7. The van der Waals surface area contributed by atoms with Gasteiger partial charge >= 0.3 is 0 Å². The van der Waals surface area contributed by atoms with Crippen LogP contribution in [0.15, 0.2) is 23.2 Å². The topological polar surface area (TPSA) is 58.1 Å². The van der Waals surface area contributed by atoms with Crippen LogP contribution >= 0.6 is 24.0 Å². The van der Waals surface area contributed by atoms with Gasteiger partial charge in [-0.05, 0) is 38.0 Å². The number of guanidine groups is 1. The van der Waals surface area contributed by atoms with E-state index in [-0.39, 0.29) is 24.0 Å². The predicted molar refractivity (Wildman–Crippen MR) is 113 cm³/mol. The third-order valence-electron chi connectivity index (χ3n) is 4.09. The highest BCUT2D eigenvalue weighted by molar-refractivity contribution is 14.0. The molecule has 0 aliphatic carbocycles. The summed E-state index contributed by atoms with van der Waals surface area (Å²) in [5, 5.41) is 6.82. The number of nitrogens with zero attached hydrogens (tertiary/aromatic N) is 2. The molecule has 2 rings (SSSR count). The maximum absolute atomic E-state index is 5.35. The predicted octanol–water partition coefficient (Wildman–Crippen LogP) is 2.47. The Morgan fingerprint density at radius 2 is 1.88 bits per heavy atom. The Balaban J connectivity index is 0.00000312. The van der Waals surface area contributed by atoms with Gasteiger partial charge in [-0.1, -0.05) is 0 Å². The van der Waals surface area contributed by atoms with E-state index in [1.807, 2.05) is 6.07 Å². The molecule has 1 fully saturated rings. The number of ether oxygens (including phenoxy) is 2. The highest BCUT2D eigenvalue weighted by atomic mass is 127. The van der Waals surface area contributed by atoms with Gasteiger partial charge in [0.2, 0.25) is 0 Å². The van der Waals surface area contributed by atoms with Crippen molar-refractivity contribution in [2.24, 2.45) is 4.99 Å². The first-order valence-corrected chi connectivity index (χ1v) is 8.67. The summed E-state index contributed by atoms with van der Waals surface area (Å²) in [6, 6.07) is 6.49. The summed E-state index contributed by atoms with van der Waals surface area (Å²) >= 11 is 0. The lowest BCUT2D eigenvalue weighted by Crippen LogP contribution is -2.44. The minimum atomic E-state index is 0. The normalized spacial score (nSPS) is 17.8. The Labute approximate surface area is 168 Å². The van der Waals surface area contributed by atoms with Crippen molar-refractivity contribution in [3.8, 4) is 11.5 Å². The molecule has 1 unspecified atom stereocenters. The molecule has 0 amide bonds. The molecule has 1 saturated heterocycles. The average Bonchev–Trinajstić information content (AvgIpc) is 3.01. The molecule has 1 aromatic rings. The lowest BCUT2D eigenvalue weighted by Gasteiger charge is -2.19. The molecule has 1 aliphatic heterocycles. The molecule has 1 aliphatic rings. The van der Waals surface area contributed by atoms with Gasteiger partial charge in [0.15, 0.2) is 5.96 Å². The van der Waals surface area contributed by atoms with Crippen LogP contribution in [0.1, 0.15) is 25.8 Å². The summed E-state index contributed by atoms with van der Waals surface area (Å²) in [4.78, 5) is 6.92. The molecule has 6 nitrogen and oxygen atoms in total. The van der Waals surface area contributed by atoms with Crippen LogP contribution in [-0.4, -0.2) is 57.3 Å². The van der Waals surface area contributed by atoms with Gasteiger partial charge in [0.05, 0.1) is 14.2 Å². The molecule has 7 heteroatoms. The second-order valence-electron chi connectivity index (χ2n) is 5.94. The monoisotopic (exact) mass is 462 g/mol. The molecule has 0 bridgehead atoms. The van der Waals surface area contributed by atoms with E-state index < -0.39 is 0 Å². The van der Waals surface area contributed by atoms with Crippen molar-refractivity contribution < 1.29 is 9.47 Å². The first kappa shape index (κ1) is 21.8. The first-order chi connectivity index (χ1) is 11.7. The van der Waals surface area contributed by atoms with Crippen molar-refractivity contribution in [1.29, 1.82) is 0 Å². The van der Waals surface area contributed by atoms with Crippen molar-refractivity contribution in [1.82, 2.24) is 15.5 Å². The quantitative estimate of drug-likeness (QED) is 0.371. The Hall–Kier alpha value is -1.22. The van der Waals surface area contributed by atoms with E-state index in [1.54, 1.807) is 14.2 Å². The van der Waals surface area contributed by atoms with E-state index in [0.29, 0.717) is 6.04 Å². The SMILES string of the molecule is CCN=C(NCC)NC1CCN(Cc2cc(OC)cc(OC)c2)C1.I. The molecule has 1 atom stereocenters. The van der Waals surface area contributed by atoms with E-state index in [1.165, 1.54) is 5.56 Å². The third kappa shape index (κ3) is 6.89. The van der Waals surface area contributed by atoms with Crippen molar-refractivity contribution in [3.63, 3.8) is 0 Å². The van der Waals surface area contributed by atoms with Gasteiger partial charge in [-0.3, -0.25) is 9.89 Å². The van der Waals surface area contributed by atoms with Crippen LogP contribution in [0.2, 0.25) is 0 Å². The standard InChI is InChI=1S/C18H30N4O2.HI/c1-5-19-18(20-6-2)21-15-7-8-22(13-15)12-14-9-16(23-3)11-17(10-14)24-4;/h9-11,15H,5-8,12-13H2,1-4H3,(H2,19,20,21);1H. The average molecular weight is 462 g/mol. The summed E-state index contributed by atoms with van der Waals surface area (Å²) in [6.07, 6.45) is 1.12. The van der Waals surface area contributed by atoms with Crippen LogP contribution in [0.5, 0.6) is 11.5 Å². The number of nitrogens with one attached hydrogen (secondary N) is 2. The molecule has 2 N–H and O–H groups in total. The lowest BCUT2D eigenvalue weighted by molar-refractivity contribution is 0.321. The van der Waals surface area contributed by atoms with Gasteiger partial charge < -0.3 is 20.1 Å². The number of hydrogen-bond donors (Lipinski definition) is 2. The fraction of sp³-hybridized carbons (Fsp3) is 0.611. The van der Waals surface area contributed by atoms with Crippen molar-refractivity contribution in [2.45, 2.75) is 32.9 Å². The van der Waals surface area contributed by atoms with Crippen molar-refractivity contribution in [3.05, 3.63) is 23.8 Å². The highest BCUT2D eigenvalue weighted by Crippen LogP contribution is 2.24. The minimum Gasteiger partial charge on any atom is -0.497 e. The molecule has 25 heavy (non-hydrogen) atoms. The number of halogens is 1. The molecule has 1 heterocycles. The first-order valence-electron chi connectivity index (χ1n) is 8.67. The maximum atomic E-state index is 5.35. The highest BCUT2D eigenvalue weighted by Gasteiger charge is 2.23. The van der Waals surface area contributed by atoms with E-state index in [2.05, 4.69) is 46.5 Å². The number of likely N-dealkylation sites (tertiary alicyclic amines) is 1. The summed E-state index contributed by atoms with van der Waals surface area (Å²) in [6.45, 7) is 8.78. The van der Waals surface area contributed by atoms with Gasteiger partial charge in [-0.25, -0.2) is 0 Å². The molecule has 0 aromatic heterocycles. The van der Waals surface area contributed by atoms with E-state index in [4.69, 9.17) is 9.47 Å². The number of rotatable bonds is 7. The van der Waals surface area contributed by atoms with Crippen LogP contribution in [-0.2, 0) is 6.54 Å². The largest absolute Gasteiger partial charge is 0.497 e. The van der Waals surface area contributed by atoms with Crippen LogP contribution in [0.4, 0.5) is 0 Å². The smallest absolute Gasteiger partial charge is 0.191 e. The fourth-order valence-corrected chi connectivity index (χ4v) is 2.98. The van der Waals surface area contributed by atoms with E-state index in [9.17, 15) is 0 Å². The Morgan fingerprint density at radius 3 is 2.44 bits per heavy atom. The summed E-state index contributed by atoms with van der Waals surface area (Å²) in [7, 11) is 3.37. The molecular weight excluding hydrogens is 431 g/mol. The van der Waals surface area contributed by atoms with Gasteiger partial charge in [-0.15, -0.1) is 24.0 Å². The second-order valence-corrected chi connectivity index (χ2v) is 5.94. The van der Waals surface area contributed by atoms with Crippen LogP contribution in [0.25, 0.3) is 0 Å². The van der Waals surface area contributed by atoms with E-state index in [0.717, 1.165) is 56.6 Å². The third-order valence-corrected chi connectivity index (χ3v) is 4.09. The number of hydrogen-bond acceptors (Lipinski definition) is 4. The van der Waals surface area contributed by atoms with Gasteiger partial charge in [0, 0.05) is 44.8 Å². The zero-order valence-corrected chi connectivity index (χ0v) is 18.0. The molecule has 0 spiro atoms. The Morgan fingerprint density at radius 1 is 1.20 bits per heavy atom. The molecule has 0 saturated carbocycles. The number of aliphatic imine (C=N–C) groups is 1. The zero-order valence-electron chi connectivity index (χ0n) is 15.7. The van der Waals surface area contributed by atoms with Gasteiger partial charge in [0.25, 0.3) is 0 Å². The van der Waals surface area contributed by atoms with Crippen LogP contribution in [0, 0.1) is 0 Å². The summed E-state index contributed by atoms with van der Waals surface area (Å²) in [5.74, 6) is 2.58. The lowest BCUT2D eigenvalue weighted by atomic mass is 10.2. The molecule has 0 radical (unpaired) electrons. The molecular formula is C18H31IN4O2. The number of benzene rings is 1. The fourth-order valence-electron chi connectivity index (χ4n) is 2.98. The van der Waals surface area contributed by atoms with Crippen molar-refractivity contribution in [2.75, 3.05) is 40.4 Å². The Bertz CT molecular complexity index is 532. The van der Waals surface area contributed by atoms with E-state index >= 15 is 0 Å². The van der Waals surface area contributed by atoms with Gasteiger partial charge in [-0.2, -0.15) is 0 Å². The zero-order chi connectivity index (χ0) is 17.4. The van der Waals surface area contributed by atoms with Gasteiger partial charge in [0.1, 0.15) is 11.5 Å². The number of methoxy groups -OCH3 is 2. The van der Waals surface area contributed by atoms with Crippen LogP contribution < -0.4 is 20.1 Å². The maximum Gasteiger partial charge on any atom is 0.191 e. The summed E-state index contributed by atoms with van der Waals surface area (Å²) in [5.41, 5.74) is 1.21. The second kappa shape index (κ2) is 11.4. The Kier molecular flexibility index (Phi) is 9.96.